The normalized spacial score (nSPS) is 14.8. The van der Waals surface area contributed by atoms with Crippen molar-refractivity contribution in [1.82, 2.24) is 9.88 Å². The molecule has 0 bridgehead atoms. The number of likely N-dealkylation sites (tertiary alicyclic amines) is 1. The first kappa shape index (κ1) is 28.3. The van der Waals surface area contributed by atoms with Gasteiger partial charge in [-0.3, -0.25) is 14.6 Å². The first-order valence-electron chi connectivity index (χ1n) is 11.9. The number of hydrogen-bond donors (Lipinski definition) is 2. The number of benzene rings is 2. The first-order chi connectivity index (χ1) is 17.7. The fourth-order valence-electron chi connectivity index (χ4n) is 4.43. The average Bonchev–Trinajstić information content (AvgIpc) is 3.33. The Kier molecular flexibility index (Phi) is 9.79. The lowest BCUT2D eigenvalue weighted by atomic mass is 9.84. The highest BCUT2D eigenvalue weighted by atomic mass is 35.5. The van der Waals surface area contributed by atoms with Crippen molar-refractivity contribution in [2.45, 2.75) is 45.2 Å². The molecule has 1 saturated heterocycles. The van der Waals surface area contributed by atoms with E-state index in [0.717, 1.165) is 48.9 Å². The number of amides is 1. The number of carbonyl (C=O) groups excluding carboxylic acids is 1. The third-order valence-corrected chi connectivity index (χ3v) is 7.57. The number of carbonyl (C=O) groups is 3. The summed E-state index contributed by atoms with van der Waals surface area (Å²) in [5.41, 5.74) is 2.71. The number of aliphatic carboxylic acids is 2. The third kappa shape index (κ3) is 7.15. The number of carboxylic acid groups (broad SMARTS) is 2. The molecular weight excluding hydrogens is 514 g/mol. The van der Waals surface area contributed by atoms with Crippen LogP contribution in [0.2, 0.25) is 5.02 Å². The highest BCUT2D eigenvalue weighted by molar-refractivity contribution is 7.09. The number of halogens is 1. The fraction of sp³-hybridized carbons (Fsp3) is 0.333. The summed E-state index contributed by atoms with van der Waals surface area (Å²) in [6.45, 7) is 6.67. The second kappa shape index (κ2) is 12.8. The minimum atomic E-state index is -1.82. The van der Waals surface area contributed by atoms with Gasteiger partial charge in [0.05, 0.1) is 0 Å². The van der Waals surface area contributed by atoms with E-state index in [1.165, 1.54) is 5.56 Å². The van der Waals surface area contributed by atoms with Crippen molar-refractivity contribution in [2.24, 2.45) is 0 Å². The molecule has 0 aliphatic carbocycles. The maximum absolute atomic E-state index is 13.3. The van der Waals surface area contributed by atoms with E-state index in [4.69, 9.17) is 36.4 Å². The Bertz CT molecular complexity index is 1210. The Balaban J connectivity index is 0.000000568. The van der Waals surface area contributed by atoms with Gasteiger partial charge in [0.2, 0.25) is 5.91 Å². The molecule has 2 heterocycles. The van der Waals surface area contributed by atoms with E-state index in [0.29, 0.717) is 11.4 Å². The number of rotatable bonds is 6. The van der Waals surface area contributed by atoms with Gasteiger partial charge < -0.3 is 10.2 Å². The topological polar surface area (TPSA) is 111 Å². The van der Waals surface area contributed by atoms with E-state index in [2.05, 4.69) is 40.6 Å². The van der Waals surface area contributed by atoms with Crippen LogP contribution in [0.5, 0.6) is 0 Å². The summed E-state index contributed by atoms with van der Waals surface area (Å²) in [6, 6.07) is 18.2. The zero-order chi connectivity index (χ0) is 27.0. The number of anilines is 1. The van der Waals surface area contributed by atoms with Gasteiger partial charge >= 0.3 is 11.9 Å². The number of aryl methyl sites for hydroxylation is 1. The minimum Gasteiger partial charge on any atom is -0.473 e. The minimum absolute atomic E-state index is 0.103. The van der Waals surface area contributed by atoms with Gasteiger partial charge in [0, 0.05) is 47.8 Å². The largest absolute Gasteiger partial charge is 0.473 e. The molecule has 0 radical (unpaired) electrons. The van der Waals surface area contributed by atoms with Gasteiger partial charge in [0.1, 0.15) is 10.5 Å². The highest BCUT2D eigenvalue weighted by Crippen LogP contribution is 2.44. The van der Waals surface area contributed by atoms with Crippen LogP contribution >= 0.6 is 22.9 Å². The van der Waals surface area contributed by atoms with E-state index in [9.17, 15) is 4.79 Å². The molecule has 1 aliphatic rings. The summed E-state index contributed by atoms with van der Waals surface area (Å²) in [7, 11) is 0. The van der Waals surface area contributed by atoms with Gasteiger partial charge in [0.15, 0.2) is 0 Å². The van der Waals surface area contributed by atoms with Crippen LogP contribution in [-0.4, -0.2) is 51.0 Å². The fourth-order valence-corrected chi connectivity index (χ4v) is 5.66. The van der Waals surface area contributed by atoms with Crippen LogP contribution < -0.4 is 4.90 Å². The molecule has 0 atom stereocenters. The van der Waals surface area contributed by atoms with Crippen molar-refractivity contribution in [3.63, 3.8) is 0 Å². The molecule has 2 N–H and O–H groups in total. The molecule has 1 amide bonds. The molecule has 2 aromatic carbocycles. The van der Waals surface area contributed by atoms with Crippen LogP contribution in [0.3, 0.4) is 0 Å². The second-order valence-corrected chi connectivity index (χ2v) is 10.1. The molecule has 8 nitrogen and oxygen atoms in total. The van der Waals surface area contributed by atoms with E-state index >= 15 is 0 Å². The third-order valence-electron chi connectivity index (χ3n) is 6.18. The number of carboxylic acids is 2. The molecule has 1 fully saturated rings. The summed E-state index contributed by atoms with van der Waals surface area (Å²) in [6.07, 6.45) is 2.11. The summed E-state index contributed by atoms with van der Waals surface area (Å²) < 4.78 is 0. The van der Waals surface area contributed by atoms with E-state index in [1.807, 2.05) is 43.0 Å². The molecule has 0 spiro atoms. The maximum Gasteiger partial charge on any atom is 0.414 e. The molecule has 1 aromatic heterocycles. The van der Waals surface area contributed by atoms with Gasteiger partial charge in [-0.15, -0.1) is 11.3 Å². The molecular formula is C27H30ClN3O5S. The molecule has 0 saturated carbocycles. The zero-order valence-electron chi connectivity index (χ0n) is 20.8. The Morgan fingerprint density at radius 1 is 1.05 bits per heavy atom. The summed E-state index contributed by atoms with van der Waals surface area (Å²) in [5.74, 6) is -3.54. The molecule has 196 valence electrons. The molecule has 4 rings (SSSR count). The Morgan fingerprint density at radius 2 is 1.70 bits per heavy atom. The number of piperidine rings is 1. The van der Waals surface area contributed by atoms with Crippen LogP contribution in [0.25, 0.3) is 0 Å². The van der Waals surface area contributed by atoms with Crippen molar-refractivity contribution < 1.29 is 24.6 Å². The van der Waals surface area contributed by atoms with Crippen LogP contribution in [0, 0.1) is 6.92 Å². The monoisotopic (exact) mass is 543 g/mol. The van der Waals surface area contributed by atoms with Crippen LogP contribution in [0.4, 0.5) is 5.69 Å². The summed E-state index contributed by atoms with van der Waals surface area (Å²) in [5, 5.41) is 18.5. The standard InChI is InChI=1S/C25H28ClN3OS.C2H2O4/c1-3-23(30)29(22-11-7-10-21(26)16-22)25(24-27-19(2)18-31-24)12-14-28(15-13-25)17-20-8-5-4-6-9-20;3-1(4)2(5)6/h4-11,16,18H,3,12-15,17H2,1-2H3;(H,3,4)(H,5,6). The van der Waals surface area contributed by atoms with E-state index in [-0.39, 0.29) is 5.91 Å². The summed E-state index contributed by atoms with van der Waals surface area (Å²) >= 11 is 7.98. The van der Waals surface area contributed by atoms with E-state index in [1.54, 1.807) is 11.3 Å². The van der Waals surface area contributed by atoms with Crippen molar-refractivity contribution in [1.29, 1.82) is 0 Å². The smallest absolute Gasteiger partial charge is 0.414 e. The predicted octanol–water partition coefficient (Wildman–Crippen LogP) is 5.20. The maximum atomic E-state index is 13.3. The average molecular weight is 544 g/mol. The zero-order valence-corrected chi connectivity index (χ0v) is 22.3. The molecule has 0 unspecified atom stereocenters. The summed E-state index contributed by atoms with van der Waals surface area (Å²) in [4.78, 5) is 40.9. The van der Waals surface area contributed by atoms with Crippen molar-refractivity contribution in [3.8, 4) is 0 Å². The number of thiazole rings is 1. The lowest BCUT2D eigenvalue weighted by Gasteiger charge is -2.47. The molecule has 1 aliphatic heterocycles. The molecule has 10 heteroatoms. The van der Waals surface area contributed by atoms with Crippen LogP contribution in [0.1, 0.15) is 42.5 Å². The highest BCUT2D eigenvalue weighted by Gasteiger charge is 2.46. The second-order valence-electron chi connectivity index (χ2n) is 8.76. The Labute approximate surface area is 225 Å². The molecule has 3 aromatic rings. The van der Waals surface area contributed by atoms with Gasteiger partial charge in [-0.25, -0.2) is 14.6 Å². The SMILES string of the molecule is CCC(=O)N(c1cccc(Cl)c1)C1(c2nc(C)cs2)CCN(Cc2ccccc2)CC1.O=C(O)C(=O)O. The van der Waals surface area contributed by atoms with Crippen molar-refractivity contribution in [3.05, 3.63) is 81.3 Å². The molecule has 37 heavy (non-hydrogen) atoms. The van der Waals surface area contributed by atoms with Crippen LogP contribution in [-0.2, 0) is 26.5 Å². The lowest BCUT2D eigenvalue weighted by molar-refractivity contribution is -0.159. The van der Waals surface area contributed by atoms with Crippen LogP contribution in [0.15, 0.2) is 60.0 Å². The number of hydrogen-bond acceptors (Lipinski definition) is 6. The van der Waals surface area contributed by atoms with Gasteiger partial charge in [-0.05, 0) is 43.5 Å². The lowest BCUT2D eigenvalue weighted by Crippen LogP contribution is -2.55. The van der Waals surface area contributed by atoms with Gasteiger partial charge in [0.25, 0.3) is 0 Å². The van der Waals surface area contributed by atoms with E-state index < -0.39 is 17.5 Å². The number of aromatic nitrogens is 1. The number of nitrogens with zero attached hydrogens (tertiary/aromatic N) is 3. The Morgan fingerprint density at radius 3 is 2.22 bits per heavy atom. The van der Waals surface area contributed by atoms with Crippen molar-refractivity contribution in [2.75, 3.05) is 18.0 Å². The van der Waals surface area contributed by atoms with Gasteiger partial charge in [-0.1, -0.05) is 54.9 Å². The van der Waals surface area contributed by atoms with Crippen molar-refractivity contribution >= 4 is 46.5 Å². The quantitative estimate of drug-likeness (QED) is 0.411. The predicted molar refractivity (Wildman–Crippen MR) is 144 cm³/mol. The Hall–Kier alpha value is -3.27. The first-order valence-corrected chi connectivity index (χ1v) is 13.2. The van der Waals surface area contributed by atoms with Gasteiger partial charge in [-0.2, -0.15) is 0 Å².